The molecule has 0 fully saturated rings. The van der Waals surface area contributed by atoms with Crippen LogP contribution in [-0.2, 0) is 22.9 Å². The predicted molar refractivity (Wildman–Crippen MR) is 69.0 cm³/mol. The number of nitrogens with zero attached hydrogens (tertiary/aromatic N) is 1. The Morgan fingerprint density at radius 3 is 2.71 bits per heavy atom. The molecule has 0 spiro atoms. The summed E-state index contributed by atoms with van der Waals surface area (Å²) in [5.41, 5.74) is 2.45. The summed E-state index contributed by atoms with van der Waals surface area (Å²) in [6, 6.07) is 5.44. The maximum atomic E-state index is 12.2. The van der Waals surface area contributed by atoms with Gasteiger partial charge < -0.3 is 0 Å². The standard InChI is InChI=1S/C12H16ClNO2S/c1-14(8-7-13)17(15,16)12-6-5-10-3-2-4-11(10)9-12/h5-6,9H,2-4,7-8H2,1H3. The molecule has 1 aromatic carbocycles. The van der Waals surface area contributed by atoms with Crippen LogP contribution in [0.2, 0.25) is 0 Å². The topological polar surface area (TPSA) is 37.4 Å². The van der Waals surface area contributed by atoms with Gasteiger partial charge in [0, 0.05) is 19.5 Å². The van der Waals surface area contributed by atoms with Crippen molar-refractivity contribution in [2.75, 3.05) is 19.5 Å². The van der Waals surface area contributed by atoms with Gasteiger partial charge in [0.05, 0.1) is 4.90 Å². The van der Waals surface area contributed by atoms with Crippen LogP contribution in [-0.4, -0.2) is 32.2 Å². The van der Waals surface area contributed by atoms with E-state index in [1.807, 2.05) is 12.1 Å². The molecule has 0 heterocycles. The Kier molecular flexibility index (Phi) is 3.76. The lowest BCUT2D eigenvalue weighted by Gasteiger charge is -2.16. The molecule has 1 aliphatic carbocycles. The number of aryl methyl sites for hydroxylation is 2. The zero-order valence-corrected chi connectivity index (χ0v) is 11.4. The molecule has 0 saturated heterocycles. The van der Waals surface area contributed by atoms with Crippen molar-refractivity contribution in [2.45, 2.75) is 24.2 Å². The monoisotopic (exact) mass is 273 g/mol. The Balaban J connectivity index is 2.34. The predicted octanol–water partition coefficient (Wildman–Crippen LogP) is 2.03. The third kappa shape index (κ3) is 2.49. The maximum absolute atomic E-state index is 12.2. The summed E-state index contributed by atoms with van der Waals surface area (Å²) in [5.74, 6) is 0.306. The molecule has 0 amide bonds. The first-order valence-corrected chi connectivity index (χ1v) is 7.67. The minimum Gasteiger partial charge on any atom is -0.207 e. The van der Waals surface area contributed by atoms with Crippen LogP contribution in [0.4, 0.5) is 0 Å². The number of hydrogen-bond acceptors (Lipinski definition) is 2. The molecule has 1 aromatic rings. The van der Waals surface area contributed by atoms with E-state index in [0.29, 0.717) is 17.3 Å². The quantitative estimate of drug-likeness (QED) is 0.788. The molecule has 0 aliphatic heterocycles. The van der Waals surface area contributed by atoms with Gasteiger partial charge in [-0.25, -0.2) is 8.42 Å². The number of alkyl halides is 1. The zero-order chi connectivity index (χ0) is 12.5. The Hall–Kier alpha value is -0.580. The van der Waals surface area contributed by atoms with Gasteiger partial charge in [0.15, 0.2) is 0 Å². The fraction of sp³-hybridized carbons (Fsp3) is 0.500. The van der Waals surface area contributed by atoms with Gasteiger partial charge in [-0.1, -0.05) is 6.07 Å². The van der Waals surface area contributed by atoms with Crippen molar-refractivity contribution in [1.82, 2.24) is 4.31 Å². The first kappa shape index (κ1) is 12.9. The van der Waals surface area contributed by atoms with E-state index in [1.165, 1.54) is 15.4 Å². The van der Waals surface area contributed by atoms with Gasteiger partial charge in [0.1, 0.15) is 0 Å². The summed E-state index contributed by atoms with van der Waals surface area (Å²) in [7, 11) is -1.81. The minimum absolute atomic E-state index is 0.306. The third-order valence-corrected chi connectivity index (χ3v) is 5.20. The molecule has 0 N–H and O–H groups in total. The number of sulfonamides is 1. The molecule has 0 aromatic heterocycles. The van der Waals surface area contributed by atoms with E-state index in [2.05, 4.69) is 0 Å². The van der Waals surface area contributed by atoms with E-state index >= 15 is 0 Å². The van der Waals surface area contributed by atoms with Gasteiger partial charge in [0.25, 0.3) is 0 Å². The lowest BCUT2D eigenvalue weighted by molar-refractivity contribution is 0.487. The van der Waals surface area contributed by atoms with Gasteiger partial charge in [-0.15, -0.1) is 11.6 Å². The molecule has 0 atom stereocenters. The second-order valence-corrected chi connectivity index (χ2v) is 6.72. The van der Waals surface area contributed by atoms with Crippen LogP contribution < -0.4 is 0 Å². The summed E-state index contributed by atoms with van der Waals surface area (Å²) in [6.45, 7) is 0.334. The van der Waals surface area contributed by atoms with Crippen molar-refractivity contribution < 1.29 is 8.42 Å². The Morgan fingerprint density at radius 1 is 1.29 bits per heavy atom. The average Bonchev–Trinajstić information content (AvgIpc) is 2.76. The van der Waals surface area contributed by atoms with Crippen LogP contribution in [0.5, 0.6) is 0 Å². The van der Waals surface area contributed by atoms with E-state index in [1.54, 1.807) is 13.1 Å². The highest BCUT2D eigenvalue weighted by Crippen LogP contribution is 2.25. The fourth-order valence-corrected chi connectivity index (χ4v) is 3.70. The smallest absolute Gasteiger partial charge is 0.207 e. The van der Waals surface area contributed by atoms with Gasteiger partial charge in [-0.3, -0.25) is 0 Å². The number of hydrogen-bond donors (Lipinski definition) is 0. The van der Waals surface area contributed by atoms with Crippen molar-refractivity contribution in [3.8, 4) is 0 Å². The molecule has 2 rings (SSSR count). The zero-order valence-electron chi connectivity index (χ0n) is 9.82. The van der Waals surface area contributed by atoms with Crippen LogP contribution in [0.25, 0.3) is 0 Å². The van der Waals surface area contributed by atoms with Crippen LogP contribution in [0.1, 0.15) is 17.5 Å². The summed E-state index contributed by atoms with van der Waals surface area (Å²) in [6.07, 6.45) is 3.17. The van der Waals surface area contributed by atoms with Crippen molar-refractivity contribution in [3.05, 3.63) is 29.3 Å². The number of rotatable bonds is 4. The van der Waals surface area contributed by atoms with Gasteiger partial charge in [0.2, 0.25) is 10.0 Å². The van der Waals surface area contributed by atoms with Crippen molar-refractivity contribution >= 4 is 21.6 Å². The maximum Gasteiger partial charge on any atom is 0.242 e. The molecule has 0 saturated carbocycles. The van der Waals surface area contributed by atoms with Crippen molar-refractivity contribution in [2.24, 2.45) is 0 Å². The van der Waals surface area contributed by atoms with Crippen LogP contribution in [0, 0.1) is 0 Å². The van der Waals surface area contributed by atoms with E-state index in [0.717, 1.165) is 19.3 Å². The molecule has 94 valence electrons. The van der Waals surface area contributed by atoms with E-state index in [9.17, 15) is 8.42 Å². The molecule has 5 heteroatoms. The summed E-state index contributed by atoms with van der Waals surface area (Å²) in [4.78, 5) is 0.380. The first-order valence-electron chi connectivity index (χ1n) is 5.70. The number of fused-ring (bicyclic) bond motifs is 1. The molecule has 0 radical (unpaired) electrons. The molecule has 3 nitrogen and oxygen atoms in total. The molecule has 1 aliphatic rings. The van der Waals surface area contributed by atoms with Gasteiger partial charge in [-0.2, -0.15) is 4.31 Å². The van der Waals surface area contributed by atoms with Gasteiger partial charge >= 0.3 is 0 Å². The van der Waals surface area contributed by atoms with E-state index in [-0.39, 0.29) is 0 Å². The SMILES string of the molecule is CN(CCCl)S(=O)(=O)c1ccc2c(c1)CCC2. The largest absolute Gasteiger partial charge is 0.242 e. The highest BCUT2D eigenvalue weighted by Gasteiger charge is 2.22. The lowest BCUT2D eigenvalue weighted by Crippen LogP contribution is -2.28. The third-order valence-electron chi connectivity index (χ3n) is 3.18. The lowest BCUT2D eigenvalue weighted by atomic mass is 10.1. The van der Waals surface area contributed by atoms with E-state index in [4.69, 9.17) is 11.6 Å². The Morgan fingerprint density at radius 2 is 2.00 bits per heavy atom. The molecule has 0 unspecified atom stereocenters. The molecule has 17 heavy (non-hydrogen) atoms. The second kappa shape index (κ2) is 4.96. The highest BCUT2D eigenvalue weighted by atomic mass is 35.5. The molecule has 0 bridgehead atoms. The first-order chi connectivity index (χ1) is 8.05. The van der Waals surface area contributed by atoms with Crippen LogP contribution in [0.15, 0.2) is 23.1 Å². The highest BCUT2D eigenvalue weighted by molar-refractivity contribution is 7.89. The normalized spacial score (nSPS) is 15.2. The van der Waals surface area contributed by atoms with E-state index < -0.39 is 10.0 Å². The van der Waals surface area contributed by atoms with Crippen molar-refractivity contribution in [3.63, 3.8) is 0 Å². The van der Waals surface area contributed by atoms with Crippen LogP contribution >= 0.6 is 11.6 Å². The summed E-state index contributed by atoms with van der Waals surface area (Å²) < 4.78 is 25.7. The Labute approximate surface area is 107 Å². The fourth-order valence-electron chi connectivity index (χ4n) is 2.13. The van der Waals surface area contributed by atoms with Gasteiger partial charge in [-0.05, 0) is 42.5 Å². The summed E-state index contributed by atoms with van der Waals surface area (Å²) in [5, 5.41) is 0. The second-order valence-electron chi connectivity index (χ2n) is 4.30. The molecular weight excluding hydrogens is 258 g/mol. The Bertz CT molecular complexity index is 513. The van der Waals surface area contributed by atoms with Crippen LogP contribution in [0.3, 0.4) is 0 Å². The minimum atomic E-state index is -3.37. The number of halogens is 1. The summed E-state index contributed by atoms with van der Waals surface area (Å²) >= 11 is 5.58. The average molecular weight is 274 g/mol. The van der Waals surface area contributed by atoms with Crippen molar-refractivity contribution in [1.29, 1.82) is 0 Å². The number of benzene rings is 1. The molecular formula is C12H16ClNO2S.